The standard InChI is InChI=1S/C8H12N2OS/c1-2-11-8-5-6(12)3-4-7(8)10-9/h3-5,10,12H,2,9H2,1H3. The quantitative estimate of drug-likeness (QED) is 0.380. The molecular weight excluding hydrogens is 172 g/mol. The van der Waals surface area contributed by atoms with E-state index in [4.69, 9.17) is 10.6 Å². The summed E-state index contributed by atoms with van der Waals surface area (Å²) in [6.07, 6.45) is 0. The van der Waals surface area contributed by atoms with E-state index in [2.05, 4.69) is 18.1 Å². The number of hydrogen-bond acceptors (Lipinski definition) is 4. The summed E-state index contributed by atoms with van der Waals surface area (Å²) in [5.74, 6) is 6.01. The lowest BCUT2D eigenvalue weighted by Crippen LogP contribution is -2.08. The molecule has 0 fully saturated rings. The summed E-state index contributed by atoms with van der Waals surface area (Å²) in [4.78, 5) is 0.859. The van der Waals surface area contributed by atoms with Crippen LogP contribution in [0.5, 0.6) is 5.75 Å². The molecule has 12 heavy (non-hydrogen) atoms. The molecule has 0 saturated heterocycles. The summed E-state index contributed by atoms with van der Waals surface area (Å²) in [6, 6.07) is 5.50. The Kier molecular flexibility index (Phi) is 3.25. The van der Waals surface area contributed by atoms with Crippen LogP contribution in [-0.2, 0) is 0 Å². The highest BCUT2D eigenvalue weighted by atomic mass is 32.1. The number of hydrazine groups is 1. The second-order valence-corrected chi connectivity index (χ2v) is 2.77. The Hall–Kier alpha value is -0.870. The fraction of sp³-hybridized carbons (Fsp3) is 0.250. The highest BCUT2D eigenvalue weighted by Gasteiger charge is 2.00. The fourth-order valence-corrected chi connectivity index (χ4v) is 1.10. The van der Waals surface area contributed by atoms with Gasteiger partial charge in [0.15, 0.2) is 0 Å². The van der Waals surface area contributed by atoms with Crippen molar-refractivity contribution in [1.29, 1.82) is 0 Å². The van der Waals surface area contributed by atoms with Gasteiger partial charge in [-0.25, -0.2) is 0 Å². The van der Waals surface area contributed by atoms with Gasteiger partial charge in [0.25, 0.3) is 0 Å². The zero-order valence-electron chi connectivity index (χ0n) is 6.87. The van der Waals surface area contributed by atoms with Crippen LogP contribution >= 0.6 is 12.6 Å². The van der Waals surface area contributed by atoms with Gasteiger partial charge in [-0.2, -0.15) is 0 Å². The molecule has 0 saturated carbocycles. The van der Waals surface area contributed by atoms with Crippen molar-refractivity contribution in [3.8, 4) is 5.75 Å². The average Bonchev–Trinajstić information content (AvgIpc) is 2.05. The first-order valence-corrected chi connectivity index (χ1v) is 4.15. The Labute approximate surface area is 77.3 Å². The summed E-state index contributed by atoms with van der Waals surface area (Å²) in [5, 5.41) is 0. The van der Waals surface area contributed by atoms with Crippen LogP contribution < -0.4 is 16.0 Å². The summed E-state index contributed by atoms with van der Waals surface area (Å²) in [5.41, 5.74) is 3.32. The van der Waals surface area contributed by atoms with Gasteiger partial charge in [0, 0.05) is 4.90 Å². The van der Waals surface area contributed by atoms with Crippen molar-refractivity contribution < 1.29 is 4.74 Å². The lowest BCUT2D eigenvalue weighted by atomic mass is 10.3. The van der Waals surface area contributed by atoms with E-state index in [1.54, 1.807) is 0 Å². The van der Waals surface area contributed by atoms with E-state index in [1.165, 1.54) is 0 Å². The first-order chi connectivity index (χ1) is 5.77. The minimum absolute atomic E-state index is 0.617. The van der Waals surface area contributed by atoms with Gasteiger partial charge >= 0.3 is 0 Å². The molecule has 0 aliphatic carbocycles. The molecule has 0 unspecified atom stereocenters. The lowest BCUT2D eigenvalue weighted by Gasteiger charge is -2.09. The number of hydrogen-bond donors (Lipinski definition) is 3. The van der Waals surface area contributed by atoms with Crippen molar-refractivity contribution in [3.05, 3.63) is 18.2 Å². The third-order valence-corrected chi connectivity index (χ3v) is 1.70. The number of nitrogens with one attached hydrogen (secondary N) is 1. The Morgan fingerprint density at radius 2 is 2.33 bits per heavy atom. The molecule has 0 bridgehead atoms. The second kappa shape index (κ2) is 4.23. The molecule has 0 heterocycles. The van der Waals surface area contributed by atoms with Gasteiger partial charge in [-0.05, 0) is 25.1 Å². The number of anilines is 1. The van der Waals surface area contributed by atoms with Gasteiger partial charge in [-0.1, -0.05) is 0 Å². The maximum Gasteiger partial charge on any atom is 0.144 e. The molecular formula is C8H12N2OS. The van der Waals surface area contributed by atoms with Gasteiger partial charge < -0.3 is 10.2 Å². The molecule has 0 radical (unpaired) electrons. The summed E-state index contributed by atoms with van der Waals surface area (Å²) < 4.78 is 5.32. The van der Waals surface area contributed by atoms with Crippen LogP contribution in [0.2, 0.25) is 0 Å². The molecule has 66 valence electrons. The fourth-order valence-electron chi connectivity index (χ4n) is 0.905. The van der Waals surface area contributed by atoms with E-state index >= 15 is 0 Å². The van der Waals surface area contributed by atoms with Crippen LogP contribution in [0.15, 0.2) is 23.1 Å². The second-order valence-electron chi connectivity index (χ2n) is 2.26. The molecule has 0 aromatic heterocycles. The van der Waals surface area contributed by atoms with Crippen molar-refractivity contribution in [3.63, 3.8) is 0 Å². The monoisotopic (exact) mass is 184 g/mol. The van der Waals surface area contributed by atoms with Gasteiger partial charge in [0.2, 0.25) is 0 Å². The highest BCUT2D eigenvalue weighted by Crippen LogP contribution is 2.26. The highest BCUT2D eigenvalue weighted by molar-refractivity contribution is 7.80. The predicted octanol–water partition coefficient (Wildman–Crippen LogP) is 1.66. The van der Waals surface area contributed by atoms with Crippen LogP contribution in [0.1, 0.15) is 6.92 Å². The molecule has 0 aliphatic rings. The molecule has 1 rings (SSSR count). The van der Waals surface area contributed by atoms with Crippen molar-refractivity contribution in [2.75, 3.05) is 12.0 Å². The largest absolute Gasteiger partial charge is 0.492 e. The topological polar surface area (TPSA) is 47.3 Å². The lowest BCUT2D eigenvalue weighted by molar-refractivity contribution is 0.341. The summed E-state index contributed by atoms with van der Waals surface area (Å²) in [6.45, 7) is 2.54. The molecule has 0 atom stereocenters. The normalized spacial score (nSPS) is 9.58. The number of benzene rings is 1. The SMILES string of the molecule is CCOc1cc(S)ccc1NN. The van der Waals surface area contributed by atoms with Crippen LogP contribution in [0.4, 0.5) is 5.69 Å². The first-order valence-electron chi connectivity index (χ1n) is 3.70. The van der Waals surface area contributed by atoms with Gasteiger partial charge in [0.1, 0.15) is 5.75 Å². The van der Waals surface area contributed by atoms with Gasteiger partial charge in [-0.15, -0.1) is 12.6 Å². The van der Waals surface area contributed by atoms with Crippen molar-refractivity contribution in [2.45, 2.75) is 11.8 Å². The van der Waals surface area contributed by atoms with E-state index in [-0.39, 0.29) is 0 Å². The molecule has 0 spiro atoms. The predicted molar refractivity (Wildman–Crippen MR) is 52.7 cm³/mol. The minimum atomic E-state index is 0.617. The van der Waals surface area contributed by atoms with Crippen molar-refractivity contribution >= 4 is 18.3 Å². The molecule has 1 aromatic rings. The maximum absolute atomic E-state index is 5.32. The smallest absolute Gasteiger partial charge is 0.144 e. The van der Waals surface area contributed by atoms with Crippen LogP contribution in [0.25, 0.3) is 0 Å². The molecule has 1 aromatic carbocycles. The Balaban J connectivity index is 2.95. The van der Waals surface area contributed by atoms with Crippen molar-refractivity contribution in [2.24, 2.45) is 5.84 Å². The number of thiol groups is 1. The molecule has 3 N–H and O–H groups in total. The zero-order chi connectivity index (χ0) is 8.97. The van der Waals surface area contributed by atoms with Gasteiger partial charge in [-0.3, -0.25) is 5.84 Å². The van der Waals surface area contributed by atoms with E-state index in [9.17, 15) is 0 Å². The third-order valence-electron chi connectivity index (χ3n) is 1.42. The minimum Gasteiger partial charge on any atom is -0.492 e. The van der Waals surface area contributed by atoms with Crippen LogP contribution in [0.3, 0.4) is 0 Å². The molecule has 0 aliphatic heterocycles. The Morgan fingerprint density at radius 3 is 2.92 bits per heavy atom. The van der Waals surface area contributed by atoms with Crippen LogP contribution in [-0.4, -0.2) is 6.61 Å². The van der Waals surface area contributed by atoms with E-state index in [0.29, 0.717) is 6.61 Å². The Bertz CT molecular complexity index is 265. The third kappa shape index (κ3) is 2.06. The Morgan fingerprint density at radius 1 is 1.58 bits per heavy atom. The molecule has 4 heteroatoms. The maximum atomic E-state index is 5.32. The van der Waals surface area contributed by atoms with E-state index < -0.39 is 0 Å². The number of nitrogen functional groups attached to an aromatic ring is 1. The first kappa shape index (κ1) is 9.22. The summed E-state index contributed by atoms with van der Waals surface area (Å²) >= 11 is 4.18. The molecule has 0 amide bonds. The summed E-state index contributed by atoms with van der Waals surface area (Å²) in [7, 11) is 0. The average molecular weight is 184 g/mol. The number of ether oxygens (including phenoxy) is 1. The zero-order valence-corrected chi connectivity index (χ0v) is 7.77. The van der Waals surface area contributed by atoms with E-state index in [1.807, 2.05) is 25.1 Å². The molecule has 3 nitrogen and oxygen atoms in total. The number of rotatable bonds is 3. The van der Waals surface area contributed by atoms with E-state index in [0.717, 1.165) is 16.3 Å². The number of nitrogens with two attached hydrogens (primary N) is 1. The van der Waals surface area contributed by atoms with Crippen LogP contribution in [0, 0.1) is 0 Å². The van der Waals surface area contributed by atoms with Crippen molar-refractivity contribution in [1.82, 2.24) is 0 Å². The van der Waals surface area contributed by atoms with Gasteiger partial charge in [0.05, 0.1) is 12.3 Å².